The van der Waals surface area contributed by atoms with E-state index in [0.29, 0.717) is 0 Å². The molecule has 0 atom stereocenters. The number of rotatable bonds is 4. The van der Waals surface area contributed by atoms with E-state index in [4.69, 9.17) is 4.42 Å². The molecule has 0 saturated heterocycles. The first kappa shape index (κ1) is 24.2. The zero-order chi connectivity index (χ0) is 28.3. The van der Waals surface area contributed by atoms with Crippen molar-refractivity contribution in [1.82, 2.24) is 4.98 Å². The average molecular weight is 569 g/mol. The van der Waals surface area contributed by atoms with Crippen LogP contribution in [-0.2, 0) is 0 Å². The van der Waals surface area contributed by atoms with Crippen LogP contribution in [0.15, 0.2) is 150 Å². The smallest absolute Gasteiger partial charge is 0.137 e. The number of pyridine rings is 1. The summed E-state index contributed by atoms with van der Waals surface area (Å²) in [5.41, 5.74) is 8.33. The molecule has 43 heavy (non-hydrogen) atoms. The number of furan rings is 1. The van der Waals surface area contributed by atoms with Crippen molar-refractivity contribution >= 4 is 81.4 Å². The minimum absolute atomic E-state index is 0.858. The number of thiophene rings is 1. The fourth-order valence-corrected chi connectivity index (χ4v) is 7.41. The van der Waals surface area contributed by atoms with E-state index in [1.165, 1.54) is 31.3 Å². The number of nitrogens with zero attached hydrogens (tertiary/aromatic N) is 2. The second-order valence-electron chi connectivity index (χ2n) is 10.8. The molecule has 3 heterocycles. The van der Waals surface area contributed by atoms with Gasteiger partial charge in [-0.05, 0) is 71.8 Å². The molecular weight excluding hydrogens is 545 g/mol. The molecule has 0 spiro atoms. The lowest BCUT2D eigenvalue weighted by Crippen LogP contribution is -2.10. The number of fused-ring (bicyclic) bond motifs is 7. The standard InChI is InChI=1S/C39H24N2OS/c1-2-8-25(9-3-1)26-15-17-28(18-16-26)41(29-19-20-31-30-11-4-5-14-37(30)43-38(31)23-29)34-12-6-13-35-39(34)32-24-33-27(10-7-21-40-33)22-36(32)42-35/h1-24H. The molecule has 3 aromatic heterocycles. The van der Waals surface area contributed by atoms with Crippen LogP contribution in [0.1, 0.15) is 0 Å². The lowest BCUT2D eigenvalue weighted by Gasteiger charge is -2.26. The van der Waals surface area contributed by atoms with E-state index in [9.17, 15) is 0 Å². The molecule has 0 aliphatic heterocycles. The van der Waals surface area contributed by atoms with Gasteiger partial charge < -0.3 is 9.32 Å². The third-order valence-corrected chi connectivity index (χ3v) is 9.43. The Bertz CT molecular complexity index is 2460. The van der Waals surface area contributed by atoms with Crippen molar-refractivity contribution in [2.75, 3.05) is 4.90 Å². The molecule has 0 unspecified atom stereocenters. The maximum absolute atomic E-state index is 6.46. The number of hydrogen-bond acceptors (Lipinski definition) is 4. The molecule has 0 aliphatic carbocycles. The summed E-state index contributed by atoms with van der Waals surface area (Å²) >= 11 is 1.84. The minimum atomic E-state index is 0.858. The van der Waals surface area contributed by atoms with Gasteiger partial charge in [0.2, 0.25) is 0 Å². The predicted molar refractivity (Wildman–Crippen MR) is 182 cm³/mol. The van der Waals surface area contributed by atoms with Gasteiger partial charge in [0.1, 0.15) is 11.2 Å². The van der Waals surface area contributed by atoms with Gasteiger partial charge >= 0.3 is 0 Å². The fourth-order valence-electron chi connectivity index (χ4n) is 6.27. The maximum atomic E-state index is 6.46. The average Bonchev–Trinajstić information content (AvgIpc) is 3.62. The van der Waals surface area contributed by atoms with Crippen molar-refractivity contribution < 1.29 is 4.42 Å². The van der Waals surface area contributed by atoms with Crippen LogP contribution in [0, 0.1) is 0 Å². The van der Waals surface area contributed by atoms with E-state index in [-0.39, 0.29) is 0 Å². The first-order chi connectivity index (χ1) is 21.3. The minimum Gasteiger partial charge on any atom is -0.456 e. The highest BCUT2D eigenvalue weighted by atomic mass is 32.1. The molecule has 202 valence electrons. The molecule has 0 fully saturated rings. The molecule has 0 aliphatic rings. The molecular formula is C39H24N2OS. The Morgan fingerprint density at radius 2 is 1.33 bits per heavy atom. The van der Waals surface area contributed by atoms with Crippen LogP contribution in [0.2, 0.25) is 0 Å². The van der Waals surface area contributed by atoms with Gasteiger partial charge in [0, 0.05) is 48.5 Å². The first-order valence-electron chi connectivity index (χ1n) is 14.4. The van der Waals surface area contributed by atoms with Gasteiger partial charge in [-0.2, -0.15) is 0 Å². The SMILES string of the molecule is c1ccc(-c2ccc(N(c3ccc4c(c3)sc3ccccc34)c3cccc4oc5cc6cccnc6cc5c34)cc2)cc1. The second kappa shape index (κ2) is 9.55. The summed E-state index contributed by atoms with van der Waals surface area (Å²) in [4.78, 5) is 7.01. The van der Waals surface area contributed by atoms with Gasteiger partial charge in [0.05, 0.1) is 16.6 Å². The largest absolute Gasteiger partial charge is 0.456 e. The fraction of sp³-hybridized carbons (Fsp3) is 0. The van der Waals surface area contributed by atoms with Crippen molar-refractivity contribution in [1.29, 1.82) is 0 Å². The van der Waals surface area contributed by atoms with Gasteiger partial charge in [-0.25, -0.2) is 0 Å². The molecule has 0 bridgehead atoms. The van der Waals surface area contributed by atoms with Crippen LogP contribution in [0.25, 0.3) is 64.1 Å². The third-order valence-electron chi connectivity index (χ3n) is 8.29. The summed E-state index contributed by atoms with van der Waals surface area (Å²) in [6, 6.07) is 49.5. The topological polar surface area (TPSA) is 29.3 Å². The monoisotopic (exact) mass is 568 g/mol. The summed E-state index contributed by atoms with van der Waals surface area (Å²) < 4.78 is 9.03. The molecule has 0 radical (unpaired) electrons. The number of anilines is 3. The Kier molecular flexibility index (Phi) is 5.37. The Morgan fingerprint density at radius 1 is 0.535 bits per heavy atom. The van der Waals surface area contributed by atoms with Crippen LogP contribution < -0.4 is 4.90 Å². The highest BCUT2D eigenvalue weighted by molar-refractivity contribution is 7.25. The van der Waals surface area contributed by atoms with E-state index >= 15 is 0 Å². The van der Waals surface area contributed by atoms with Crippen LogP contribution in [0.4, 0.5) is 17.1 Å². The molecule has 9 aromatic rings. The van der Waals surface area contributed by atoms with E-state index in [2.05, 4.69) is 143 Å². The first-order valence-corrected chi connectivity index (χ1v) is 15.2. The number of hydrogen-bond donors (Lipinski definition) is 0. The Labute approximate surface area is 251 Å². The normalized spacial score (nSPS) is 11.7. The van der Waals surface area contributed by atoms with Crippen LogP contribution in [-0.4, -0.2) is 4.98 Å². The van der Waals surface area contributed by atoms with Crippen molar-refractivity contribution in [2.45, 2.75) is 0 Å². The molecule has 6 aromatic carbocycles. The van der Waals surface area contributed by atoms with E-state index in [1.807, 2.05) is 23.6 Å². The molecule has 0 amide bonds. The van der Waals surface area contributed by atoms with E-state index in [0.717, 1.165) is 49.9 Å². The van der Waals surface area contributed by atoms with Crippen molar-refractivity contribution in [2.24, 2.45) is 0 Å². The van der Waals surface area contributed by atoms with Crippen LogP contribution in [0.5, 0.6) is 0 Å². The summed E-state index contributed by atoms with van der Waals surface area (Å²) in [6.45, 7) is 0. The van der Waals surface area contributed by atoms with Gasteiger partial charge in [0.25, 0.3) is 0 Å². The Morgan fingerprint density at radius 3 is 2.23 bits per heavy atom. The number of benzene rings is 6. The van der Waals surface area contributed by atoms with E-state index < -0.39 is 0 Å². The van der Waals surface area contributed by atoms with E-state index in [1.54, 1.807) is 0 Å². The van der Waals surface area contributed by atoms with Gasteiger partial charge in [0.15, 0.2) is 0 Å². The predicted octanol–water partition coefficient (Wildman–Crippen LogP) is 11.6. The van der Waals surface area contributed by atoms with Gasteiger partial charge in [-0.3, -0.25) is 4.98 Å². The Hall–Kier alpha value is -5.45. The summed E-state index contributed by atoms with van der Waals surface area (Å²) in [7, 11) is 0. The van der Waals surface area contributed by atoms with Gasteiger partial charge in [-0.15, -0.1) is 11.3 Å². The zero-order valence-electron chi connectivity index (χ0n) is 23.1. The van der Waals surface area contributed by atoms with Crippen LogP contribution in [0.3, 0.4) is 0 Å². The second-order valence-corrected chi connectivity index (χ2v) is 11.9. The van der Waals surface area contributed by atoms with Crippen LogP contribution >= 0.6 is 11.3 Å². The molecule has 3 nitrogen and oxygen atoms in total. The molecule has 4 heteroatoms. The van der Waals surface area contributed by atoms with Crippen molar-refractivity contribution in [3.63, 3.8) is 0 Å². The molecule has 9 rings (SSSR count). The lowest BCUT2D eigenvalue weighted by molar-refractivity contribution is 0.669. The van der Waals surface area contributed by atoms with Gasteiger partial charge in [-0.1, -0.05) is 78.9 Å². The highest BCUT2D eigenvalue weighted by Crippen LogP contribution is 2.45. The summed E-state index contributed by atoms with van der Waals surface area (Å²) in [5.74, 6) is 0. The Balaban J connectivity index is 1.30. The maximum Gasteiger partial charge on any atom is 0.137 e. The quantitative estimate of drug-likeness (QED) is 0.211. The molecule has 0 saturated carbocycles. The number of aromatic nitrogens is 1. The molecule has 0 N–H and O–H groups in total. The summed E-state index contributed by atoms with van der Waals surface area (Å²) in [6.07, 6.45) is 1.85. The highest BCUT2D eigenvalue weighted by Gasteiger charge is 2.21. The zero-order valence-corrected chi connectivity index (χ0v) is 23.9. The third kappa shape index (κ3) is 3.92. The lowest BCUT2D eigenvalue weighted by atomic mass is 10.0. The van der Waals surface area contributed by atoms with Crippen molar-refractivity contribution in [3.05, 3.63) is 146 Å². The summed E-state index contributed by atoms with van der Waals surface area (Å²) in [5, 5.41) is 5.79. The van der Waals surface area contributed by atoms with Crippen molar-refractivity contribution in [3.8, 4) is 11.1 Å².